The van der Waals surface area contributed by atoms with Gasteiger partial charge < -0.3 is 15.7 Å². The van der Waals surface area contributed by atoms with Gasteiger partial charge in [0, 0.05) is 18.1 Å². The first-order valence-corrected chi connectivity index (χ1v) is 5.20. The number of aliphatic hydroxyl groups excluding tert-OH is 1. The third kappa shape index (κ3) is 2.61. The molecule has 0 saturated carbocycles. The highest BCUT2D eigenvalue weighted by Crippen LogP contribution is 2.29. The number of halogens is 1. The highest BCUT2D eigenvalue weighted by Gasteiger charge is 2.09. The zero-order chi connectivity index (χ0) is 11.4. The molecule has 80 valence electrons. The van der Waals surface area contributed by atoms with E-state index in [4.69, 9.17) is 16.1 Å². The second-order valence-electron chi connectivity index (χ2n) is 3.15. The molecule has 0 aromatic heterocycles. The van der Waals surface area contributed by atoms with E-state index < -0.39 is 0 Å². The van der Waals surface area contributed by atoms with E-state index in [1.807, 2.05) is 18.0 Å². The largest absolute Gasteiger partial charge is 0.397 e. The van der Waals surface area contributed by atoms with Crippen LogP contribution in [-0.2, 0) is 0 Å². The van der Waals surface area contributed by atoms with Gasteiger partial charge >= 0.3 is 0 Å². The summed E-state index contributed by atoms with van der Waals surface area (Å²) in [6.07, 6.45) is 0. The average molecular weight is 270 g/mol. The number of hydrogen-bond donors (Lipinski definition) is 2. The molecule has 3 N–H and O–H groups in total. The van der Waals surface area contributed by atoms with E-state index >= 15 is 0 Å². The quantitative estimate of drug-likeness (QED) is 0.813. The number of nitrogens with zero attached hydrogens (tertiary/aromatic N) is 2. The van der Waals surface area contributed by atoms with Crippen molar-refractivity contribution in [3.63, 3.8) is 0 Å². The van der Waals surface area contributed by atoms with Crippen LogP contribution >= 0.6 is 15.9 Å². The van der Waals surface area contributed by atoms with Crippen LogP contribution in [0.5, 0.6) is 0 Å². The van der Waals surface area contributed by atoms with Crippen LogP contribution < -0.4 is 10.6 Å². The molecule has 0 bridgehead atoms. The number of anilines is 2. The summed E-state index contributed by atoms with van der Waals surface area (Å²) in [4.78, 5) is 1.83. The third-order valence-corrected chi connectivity index (χ3v) is 2.74. The van der Waals surface area contributed by atoms with Gasteiger partial charge in [-0.1, -0.05) is 0 Å². The number of nitrogens with two attached hydrogens (primary N) is 1. The standard InChI is InChI=1S/C10H12BrN3O/c1-14(2-3-15)10-5-8(11)7(6-12)4-9(10)13/h4-5,15H,2-3,13H2,1H3. The van der Waals surface area contributed by atoms with Crippen LogP contribution in [0.2, 0.25) is 0 Å². The third-order valence-electron chi connectivity index (χ3n) is 2.08. The number of aliphatic hydroxyl groups is 1. The Labute approximate surface area is 97.0 Å². The van der Waals surface area contributed by atoms with Crippen molar-refractivity contribution in [1.29, 1.82) is 5.26 Å². The van der Waals surface area contributed by atoms with Gasteiger partial charge in [0.05, 0.1) is 23.5 Å². The van der Waals surface area contributed by atoms with E-state index in [2.05, 4.69) is 15.9 Å². The van der Waals surface area contributed by atoms with Gasteiger partial charge in [-0.2, -0.15) is 5.26 Å². The van der Waals surface area contributed by atoms with Crippen LogP contribution in [0, 0.1) is 11.3 Å². The molecule has 4 nitrogen and oxygen atoms in total. The van der Waals surface area contributed by atoms with Crippen molar-refractivity contribution in [3.05, 3.63) is 22.2 Å². The van der Waals surface area contributed by atoms with Crippen molar-refractivity contribution in [2.45, 2.75) is 0 Å². The van der Waals surface area contributed by atoms with Crippen molar-refractivity contribution in [3.8, 4) is 6.07 Å². The molecular weight excluding hydrogens is 258 g/mol. The lowest BCUT2D eigenvalue weighted by Crippen LogP contribution is -2.22. The highest BCUT2D eigenvalue weighted by molar-refractivity contribution is 9.10. The molecule has 0 aliphatic carbocycles. The van der Waals surface area contributed by atoms with Gasteiger partial charge in [0.2, 0.25) is 0 Å². The van der Waals surface area contributed by atoms with Gasteiger partial charge in [-0.25, -0.2) is 0 Å². The summed E-state index contributed by atoms with van der Waals surface area (Å²) in [7, 11) is 1.83. The fraction of sp³-hybridized carbons (Fsp3) is 0.300. The van der Waals surface area contributed by atoms with Gasteiger partial charge in [-0.15, -0.1) is 0 Å². The first-order chi connectivity index (χ1) is 7.10. The fourth-order valence-corrected chi connectivity index (χ4v) is 1.69. The molecule has 0 saturated heterocycles. The van der Waals surface area contributed by atoms with Crippen LogP contribution in [0.3, 0.4) is 0 Å². The lowest BCUT2D eigenvalue weighted by Gasteiger charge is -2.20. The molecule has 15 heavy (non-hydrogen) atoms. The predicted octanol–water partition coefficient (Wildman–Crippen LogP) is 1.33. The molecule has 1 aromatic rings. The van der Waals surface area contributed by atoms with Crippen molar-refractivity contribution < 1.29 is 5.11 Å². The van der Waals surface area contributed by atoms with Crippen molar-refractivity contribution in [2.24, 2.45) is 0 Å². The fourth-order valence-electron chi connectivity index (χ4n) is 1.27. The second-order valence-corrected chi connectivity index (χ2v) is 4.00. The van der Waals surface area contributed by atoms with Gasteiger partial charge in [0.1, 0.15) is 6.07 Å². The Hall–Kier alpha value is -1.25. The number of nitrogen functional groups attached to an aromatic ring is 1. The molecule has 0 aliphatic rings. The van der Waals surface area contributed by atoms with E-state index in [-0.39, 0.29) is 6.61 Å². The maximum Gasteiger partial charge on any atom is 0.100 e. The number of hydrogen-bond acceptors (Lipinski definition) is 4. The zero-order valence-electron chi connectivity index (χ0n) is 8.37. The average Bonchev–Trinajstić information content (AvgIpc) is 2.21. The SMILES string of the molecule is CN(CCO)c1cc(Br)c(C#N)cc1N. The Morgan fingerprint density at radius 3 is 2.80 bits per heavy atom. The molecule has 5 heteroatoms. The van der Waals surface area contributed by atoms with E-state index in [1.54, 1.807) is 12.1 Å². The molecular formula is C10H12BrN3O. The first kappa shape index (κ1) is 11.8. The Morgan fingerprint density at radius 2 is 2.27 bits per heavy atom. The van der Waals surface area contributed by atoms with E-state index in [1.165, 1.54) is 0 Å². The van der Waals surface area contributed by atoms with E-state index in [0.29, 0.717) is 22.3 Å². The zero-order valence-corrected chi connectivity index (χ0v) is 9.95. The summed E-state index contributed by atoms with van der Waals surface area (Å²) in [6, 6.07) is 5.44. The van der Waals surface area contributed by atoms with Crippen molar-refractivity contribution in [1.82, 2.24) is 0 Å². The van der Waals surface area contributed by atoms with Crippen LogP contribution in [-0.4, -0.2) is 25.3 Å². The first-order valence-electron chi connectivity index (χ1n) is 4.41. The monoisotopic (exact) mass is 269 g/mol. The Balaban J connectivity index is 3.11. The van der Waals surface area contributed by atoms with Gasteiger partial charge in [-0.05, 0) is 28.1 Å². The van der Waals surface area contributed by atoms with Gasteiger partial charge in [0.25, 0.3) is 0 Å². The highest BCUT2D eigenvalue weighted by atomic mass is 79.9. The molecule has 1 aromatic carbocycles. The van der Waals surface area contributed by atoms with Crippen LogP contribution in [0.1, 0.15) is 5.56 Å². The lowest BCUT2D eigenvalue weighted by atomic mass is 10.2. The Morgan fingerprint density at radius 1 is 1.60 bits per heavy atom. The summed E-state index contributed by atoms with van der Waals surface area (Å²) >= 11 is 3.29. The molecule has 0 amide bonds. The second kappa shape index (κ2) is 5.01. The summed E-state index contributed by atoms with van der Waals surface area (Å²) in [5.41, 5.74) is 7.64. The number of benzene rings is 1. The Bertz CT molecular complexity index is 400. The number of nitriles is 1. The van der Waals surface area contributed by atoms with E-state index in [0.717, 1.165) is 5.69 Å². The molecule has 0 aliphatic heterocycles. The van der Waals surface area contributed by atoms with Gasteiger partial charge in [0.15, 0.2) is 0 Å². The van der Waals surface area contributed by atoms with Crippen LogP contribution in [0.4, 0.5) is 11.4 Å². The van der Waals surface area contributed by atoms with Crippen molar-refractivity contribution >= 4 is 27.3 Å². The molecule has 0 spiro atoms. The maximum absolute atomic E-state index is 8.81. The smallest absolute Gasteiger partial charge is 0.100 e. The minimum atomic E-state index is 0.0631. The summed E-state index contributed by atoms with van der Waals surface area (Å²) in [5, 5.41) is 17.6. The molecule has 0 unspecified atom stereocenters. The normalized spacial score (nSPS) is 9.73. The topological polar surface area (TPSA) is 73.3 Å². The minimum absolute atomic E-state index is 0.0631. The summed E-state index contributed by atoms with van der Waals surface area (Å²) < 4.78 is 0.707. The summed E-state index contributed by atoms with van der Waals surface area (Å²) in [5.74, 6) is 0. The lowest BCUT2D eigenvalue weighted by molar-refractivity contribution is 0.304. The molecule has 0 radical (unpaired) electrons. The molecule has 0 fully saturated rings. The maximum atomic E-state index is 8.81. The van der Waals surface area contributed by atoms with Crippen molar-refractivity contribution in [2.75, 3.05) is 30.8 Å². The molecule has 0 atom stereocenters. The number of rotatable bonds is 3. The number of likely N-dealkylation sites (N-methyl/N-ethyl adjacent to an activating group) is 1. The van der Waals surface area contributed by atoms with Gasteiger partial charge in [-0.3, -0.25) is 0 Å². The predicted molar refractivity (Wildman–Crippen MR) is 63.6 cm³/mol. The Kier molecular flexibility index (Phi) is 3.95. The molecule has 0 heterocycles. The minimum Gasteiger partial charge on any atom is -0.397 e. The van der Waals surface area contributed by atoms with Crippen LogP contribution in [0.25, 0.3) is 0 Å². The molecule has 1 rings (SSSR count). The summed E-state index contributed by atoms with van der Waals surface area (Å²) in [6.45, 7) is 0.566. The van der Waals surface area contributed by atoms with E-state index in [9.17, 15) is 0 Å². The van der Waals surface area contributed by atoms with Crippen LogP contribution in [0.15, 0.2) is 16.6 Å².